The number of phenols is 1. The predicted octanol–water partition coefficient (Wildman–Crippen LogP) is 2.57. The minimum atomic E-state index is -0.523. The lowest BCUT2D eigenvalue weighted by molar-refractivity contribution is 0.0596. The molecule has 1 N–H and O–H groups in total. The largest absolute Gasteiger partial charge is 0.507 e. The molecule has 0 fully saturated rings. The van der Waals surface area contributed by atoms with Crippen LogP contribution in [0.25, 0.3) is 0 Å². The summed E-state index contributed by atoms with van der Waals surface area (Å²) in [6.45, 7) is 2.21. The Morgan fingerprint density at radius 3 is 2.61 bits per heavy atom. The first-order valence-electron chi connectivity index (χ1n) is 5.54. The molecule has 0 atom stereocenters. The number of aromatic hydroxyl groups is 1. The lowest BCUT2D eigenvalue weighted by Crippen LogP contribution is -2.10. The summed E-state index contributed by atoms with van der Waals surface area (Å²) < 4.78 is 9.80. The maximum atomic E-state index is 11.7. The van der Waals surface area contributed by atoms with Gasteiger partial charge < -0.3 is 14.6 Å². The maximum Gasteiger partial charge on any atom is 0.341 e. The van der Waals surface area contributed by atoms with E-state index in [0.717, 1.165) is 28.4 Å². The van der Waals surface area contributed by atoms with Gasteiger partial charge in [0.25, 0.3) is 0 Å². The molecule has 1 aromatic carbocycles. The highest BCUT2D eigenvalue weighted by Crippen LogP contribution is 2.29. The number of hydrogen-bond acceptors (Lipinski definition) is 4. The van der Waals surface area contributed by atoms with E-state index in [4.69, 9.17) is 4.74 Å². The molecule has 0 amide bonds. The number of rotatable bonds is 5. The van der Waals surface area contributed by atoms with Crippen LogP contribution in [0.15, 0.2) is 6.07 Å². The standard InChI is InChI=1S/C13H17BrO4/c1-8-10(4-5-14)9(7-17-2)6-11(15)12(8)13(16)18-3/h6,15H,4-5,7H2,1-3H3. The Kier molecular flexibility index (Phi) is 5.62. The normalized spacial score (nSPS) is 10.4. The van der Waals surface area contributed by atoms with Crippen molar-refractivity contribution in [3.8, 4) is 5.75 Å². The molecule has 0 bridgehead atoms. The van der Waals surface area contributed by atoms with Crippen LogP contribution in [0.3, 0.4) is 0 Å². The van der Waals surface area contributed by atoms with E-state index in [9.17, 15) is 9.90 Å². The highest BCUT2D eigenvalue weighted by molar-refractivity contribution is 9.09. The van der Waals surface area contributed by atoms with E-state index in [1.54, 1.807) is 13.2 Å². The van der Waals surface area contributed by atoms with E-state index in [-0.39, 0.29) is 11.3 Å². The zero-order valence-corrected chi connectivity index (χ0v) is 12.3. The van der Waals surface area contributed by atoms with E-state index in [2.05, 4.69) is 20.7 Å². The molecule has 100 valence electrons. The number of phenolic OH excluding ortho intramolecular Hbond substituents is 1. The number of alkyl halides is 1. The van der Waals surface area contributed by atoms with Crippen molar-refractivity contribution in [2.45, 2.75) is 20.0 Å². The maximum absolute atomic E-state index is 11.7. The molecule has 0 aliphatic carbocycles. The summed E-state index contributed by atoms with van der Waals surface area (Å²) in [5.41, 5.74) is 2.87. The highest BCUT2D eigenvalue weighted by atomic mass is 79.9. The van der Waals surface area contributed by atoms with Crippen LogP contribution in [-0.2, 0) is 22.5 Å². The number of carbonyl (C=O) groups is 1. The van der Waals surface area contributed by atoms with Gasteiger partial charge in [0, 0.05) is 12.4 Å². The zero-order chi connectivity index (χ0) is 13.7. The average molecular weight is 317 g/mol. The Balaban J connectivity index is 3.39. The monoisotopic (exact) mass is 316 g/mol. The molecule has 0 aromatic heterocycles. The molecule has 0 saturated carbocycles. The Bertz CT molecular complexity index is 443. The van der Waals surface area contributed by atoms with Crippen molar-refractivity contribution in [1.29, 1.82) is 0 Å². The van der Waals surface area contributed by atoms with Crippen molar-refractivity contribution in [3.63, 3.8) is 0 Å². The van der Waals surface area contributed by atoms with Gasteiger partial charge in [0.1, 0.15) is 11.3 Å². The molecule has 4 nitrogen and oxygen atoms in total. The fourth-order valence-electron chi connectivity index (χ4n) is 1.99. The number of benzene rings is 1. The number of esters is 1. The van der Waals surface area contributed by atoms with Crippen molar-refractivity contribution in [2.24, 2.45) is 0 Å². The molecule has 0 aliphatic heterocycles. The van der Waals surface area contributed by atoms with Gasteiger partial charge in [-0.25, -0.2) is 4.79 Å². The summed E-state index contributed by atoms with van der Waals surface area (Å²) in [7, 11) is 2.90. The summed E-state index contributed by atoms with van der Waals surface area (Å²) in [6, 6.07) is 1.57. The van der Waals surface area contributed by atoms with Crippen LogP contribution in [0.5, 0.6) is 5.75 Å². The van der Waals surface area contributed by atoms with Crippen molar-refractivity contribution < 1.29 is 19.4 Å². The molecule has 5 heteroatoms. The fourth-order valence-corrected chi connectivity index (χ4v) is 2.39. The molecule has 18 heavy (non-hydrogen) atoms. The lowest BCUT2D eigenvalue weighted by atomic mass is 9.94. The molecule has 0 heterocycles. The van der Waals surface area contributed by atoms with Crippen LogP contribution in [-0.4, -0.2) is 30.6 Å². The smallest absolute Gasteiger partial charge is 0.341 e. The van der Waals surface area contributed by atoms with Gasteiger partial charge in [-0.1, -0.05) is 15.9 Å². The van der Waals surface area contributed by atoms with Crippen LogP contribution >= 0.6 is 15.9 Å². The van der Waals surface area contributed by atoms with Gasteiger partial charge in [-0.3, -0.25) is 0 Å². The predicted molar refractivity (Wildman–Crippen MR) is 72.4 cm³/mol. The van der Waals surface area contributed by atoms with E-state index >= 15 is 0 Å². The van der Waals surface area contributed by atoms with Crippen LogP contribution in [0, 0.1) is 6.92 Å². The Labute approximate surface area is 115 Å². The number of ether oxygens (including phenoxy) is 2. The van der Waals surface area contributed by atoms with Gasteiger partial charge in [0.2, 0.25) is 0 Å². The third-order valence-electron chi connectivity index (χ3n) is 2.82. The van der Waals surface area contributed by atoms with Crippen molar-refractivity contribution in [1.82, 2.24) is 0 Å². The zero-order valence-electron chi connectivity index (χ0n) is 10.7. The second-order valence-electron chi connectivity index (χ2n) is 3.90. The highest BCUT2D eigenvalue weighted by Gasteiger charge is 2.20. The minimum absolute atomic E-state index is 0.0651. The first-order valence-corrected chi connectivity index (χ1v) is 6.66. The van der Waals surface area contributed by atoms with Gasteiger partial charge in [-0.05, 0) is 36.1 Å². The minimum Gasteiger partial charge on any atom is -0.507 e. The van der Waals surface area contributed by atoms with Crippen LogP contribution < -0.4 is 0 Å². The van der Waals surface area contributed by atoms with E-state index in [1.165, 1.54) is 7.11 Å². The Hall–Kier alpha value is -1.07. The quantitative estimate of drug-likeness (QED) is 0.670. The SMILES string of the molecule is COCc1cc(O)c(C(=O)OC)c(C)c1CCBr. The number of methoxy groups -OCH3 is 2. The average Bonchev–Trinajstić information content (AvgIpc) is 2.34. The van der Waals surface area contributed by atoms with Crippen LogP contribution in [0.2, 0.25) is 0 Å². The summed E-state index contributed by atoms with van der Waals surface area (Å²) in [5.74, 6) is -0.588. The molecule has 0 saturated heterocycles. The first kappa shape index (κ1) is 15.0. The summed E-state index contributed by atoms with van der Waals surface area (Å²) in [5, 5.41) is 10.7. The van der Waals surface area contributed by atoms with Gasteiger partial charge in [-0.15, -0.1) is 0 Å². The van der Waals surface area contributed by atoms with E-state index in [1.807, 2.05) is 6.92 Å². The molecule has 0 radical (unpaired) electrons. The number of carbonyl (C=O) groups excluding carboxylic acids is 1. The topological polar surface area (TPSA) is 55.8 Å². The second kappa shape index (κ2) is 6.75. The Morgan fingerprint density at radius 2 is 2.11 bits per heavy atom. The fraction of sp³-hybridized carbons (Fsp3) is 0.462. The van der Waals surface area contributed by atoms with Crippen LogP contribution in [0.1, 0.15) is 27.0 Å². The number of halogens is 1. The van der Waals surface area contributed by atoms with Gasteiger partial charge in [0.05, 0.1) is 13.7 Å². The summed E-state index contributed by atoms with van der Waals surface area (Å²) >= 11 is 3.38. The third-order valence-corrected chi connectivity index (χ3v) is 3.21. The van der Waals surface area contributed by atoms with Gasteiger partial charge in [0.15, 0.2) is 0 Å². The van der Waals surface area contributed by atoms with Crippen molar-refractivity contribution >= 4 is 21.9 Å². The first-order chi connectivity index (χ1) is 8.56. The molecule has 0 aliphatic rings. The van der Waals surface area contributed by atoms with Crippen LogP contribution in [0.4, 0.5) is 0 Å². The molecule has 1 rings (SSSR count). The molecular weight excluding hydrogens is 300 g/mol. The Morgan fingerprint density at radius 1 is 1.44 bits per heavy atom. The van der Waals surface area contributed by atoms with Crippen molar-refractivity contribution in [3.05, 3.63) is 28.3 Å². The summed E-state index contributed by atoms with van der Waals surface area (Å²) in [6.07, 6.45) is 0.759. The van der Waals surface area contributed by atoms with Gasteiger partial charge >= 0.3 is 5.97 Å². The molecule has 0 spiro atoms. The number of hydrogen-bond donors (Lipinski definition) is 1. The molecular formula is C13H17BrO4. The molecule has 0 unspecified atom stereocenters. The third kappa shape index (κ3) is 3.03. The summed E-state index contributed by atoms with van der Waals surface area (Å²) in [4.78, 5) is 11.7. The van der Waals surface area contributed by atoms with E-state index < -0.39 is 5.97 Å². The van der Waals surface area contributed by atoms with Gasteiger partial charge in [-0.2, -0.15) is 0 Å². The lowest BCUT2D eigenvalue weighted by Gasteiger charge is -2.16. The molecule has 1 aromatic rings. The van der Waals surface area contributed by atoms with Crippen molar-refractivity contribution in [2.75, 3.05) is 19.5 Å². The second-order valence-corrected chi connectivity index (χ2v) is 4.69. The van der Waals surface area contributed by atoms with E-state index in [0.29, 0.717) is 6.61 Å².